The van der Waals surface area contributed by atoms with Gasteiger partial charge >= 0.3 is 0 Å². The fourth-order valence-corrected chi connectivity index (χ4v) is 1.64. The first-order valence-corrected chi connectivity index (χ1v) is 4.59. The van der Waals surface area contributed by atoms with Crippen molar-refractivity contribution >= 4 is 5.78 Å². The van der Waals surface area contributed by atoms with Gasteiger partial charge in [-0.3, -0.25) is 4.79 Å². The first-order chi connectivity index (χ1) is 5.65. The Kier molecular flexibility index (Phi) is 3.23. The predicted molar refractivity (Wildman–Crippen MR) is 49.1 cm³/mol. The lowest BCUT2D eigenvalue weighted by Gasteiger charge is -2.15. The number of carbonyl (C=O) groups is 1. The Balaban J connectivity index is 2.64. The zero-order valence-corrected chi connectivity index (χ0v) is 8.05. The maximum absolute atomic E-state index is 11.6. The third-order valence-electron chi connectivity index (χ3n) is 2.54. The Hall–Kier alpha value is -0.410. The lowest BCUT2D eigenvalue weighted by Crippen LogP contribution is -2.37. The molecular weight excluding hydrogens is 152 g/mol. The monoisotopic (exact) mass is 170 g/mol. The highest BCUT2D eigenvalue weighted by Crippen LogP contribution is 2.10. The molecular formula is C9H18N2O. The molecule has 0 saturated carbocycles. The van der Waals surface area contributed by atoms with Crippen LogP contribution in [0.5, 0.6) is 0 Å². The summed E-state index contributed by atoms with van der Waals surface area (Å²) in [6.45, 7) is 4.92. The largest absolute Gasteiger partial charge is 0.313 e. The fraction of sp³-hybridized carbons (Fsp3) is 0.889. The van der Waals surface area contributed by atoms with Crippen LogP contribution in [-0.4, -0.2) is 31.5 Å². The van der Waals surface area contributed by atoms with E-state index in [0.717, 1.165) is 13.0 Å². The Morgan fingerprint density at radius 2 is 2.17 bits per heavy atom. The topological polar surface area (TPSA) is 41.1 Å². The molecule has 0 aromatic rings. The molecule has 3 heteroatoms. The molecule has 1 saturated heterocycles. The quantitative estimate of drug-likeness (QED) is 0.589. The van der Waals surface area contributed by atoms with Gasteiger partial charge in [0, 0.05) is 18.5 Å². The Morgan fingerprint density at radius 1 is 1.50 bits per heavy atom. The van der Waals surface area contributed by atoms with E-state index < -0.39 is 0 Å². The lowest BCUT2D eigenvalue weighted by atomic mass is 9.98. The van der Waals surface area contributed by atoms with Crippen LogP contribution in [0, 0.1) is 5.92 Å². The van der Waals surface area contributed by atoms with Crippen LogP contribution < -0.4 is 10.6 Å². The van der Waals surface area contributed by atoms with Crippen molar-refractivity contribution in [2.45, 2.75) is 32.4 Å². The van der Waals surface area contributed by atoms with Crippen molar-refractivity contribution in [3.05, 3.63) is 0 Å². The van der Waals surface area contributed by atoms with E-state index >= 15 is 0 Å². The molecule has 1 aliphatic heterocycles. The summed E-state index contributed by atoms with van der Waals surface area (Å²) in [5.74, 6) is 0.488. The van der Waals surface area contributed by atoms with Crippen LogP contribution in [-0.2, 0) is 4.79 Å². The molecule has 0 aromatic carbocycles. The van der Waals surface area contributed by atoms with Gasteiger partial charge in [-0.15, -0.1) is 0 Å². The van der Waals surface area contributed by atoms with Gasteiger partial charge in [-0.05, 0) is 20.4 Å². The summed E-state index contributed by atoms with van der Waals surface area (Å²) in [6, 6.07) is 0.487. The molecule has 0 aliphatic carbocycles. The van der Waals surface area contributed by atoms with Crippen LogP contribution in [0.1, 0.15) is 20.3 Å². The summed E-state index contributed by atoms with van der Waals surface area (Å²) < 4.78 is 0. The van der Waals surface area contributed by atoms with Crippen LogP contribution in [0.25, 0.3) is 0 Å². The second-order valence-corrected chi connectivity index (χ2v) is 3.69. The first kappa shape index (κ1) is 9.68. The third kappa shape index (κ3) is 2.05. The van der Waals surface area contributed by atoms with E-state index in [4.69, 9.17) is 0 Å². The van der Waals surface area contributed by atoms with Gasteiger partial charge < -0.3 is 10.6 Å². The summed E-state index contributed by atoms with van der Waals surface area (Å²) in [5.41, 5.74) is 0. The highest BCUT2D eigenvalue weighted by atomic mass is 16.1. The normalized spacial score (nSPS) is 37.9. The van der Waals surface area contributed by atoms with Gasteiger partial charge in [0.15, 0.2) is 5.78 Å². The zero-order valence-electron chi connectivity index (χ0n) is 8.05. The molecule has 3 unspecified atom stereocenters. The summed E-state index contributed by atoms with van der Waals surface area (Å²) >= 11 is 0. The van der Waals surface area contributed by atoms with E-state index in [1.165, 1.54) is 0 Å². The summed E-state index contributed by atoms with van der Waals surface area (Å²) in [6.07, 6.45) is 0.902. The van der Waals surface area contributed by atoms with Gasteiger partial charge in [0.05, 0.1) is 6.04 Å². The van der Waals surface area contributed by atoms with Crippen LogP contribution in [0.4, 0.5) is 0 Å². The molecule has 1 rings (SSSR count). The minimum atomic E-state index is 0.0463. The minimum Gasteiger partial charge on any atom is -0.313 e. The zero-order chi connectivity index (χ0) is 9.14. The van der Waals surface area contributed by atoms with E-state index in [1.54, 1.807) is 0 Å². The number of carbonyl (C=O) groups excluding carboxylic acids is 1. The molecule has 2 N–H and O–H groups in total. The Morgan fingerprint density at radius 3 is 2.75 bits per heavy atom. The highest BCUT2D eigenvalue weighted by molar-refractivity contribution is 5.86. The van der Waals surface area contributed by atoms with E-state index in [0.29, 0.717) is 11.8 Å². The number of ketones is 1. The predicted octanol–water partition coefficient (Wildman–Crippen LogP) is 0.161. The van der Waals surface area contributed by atoms with Gasteiger partial charge in [0.2, 0.25) is 0 Å². The fourth-order valence-electron chi connectivity index (χ4n) is 1.64. The maximum Gasteiger partial charge on any atom is 0.153 e. The maximum atomic E-state index is 11.6. The molecule has 0 bridgehead atoms. The molecule has 1 fully saturated rings. The minimum absolute atomic E-state index is 0.0463. The smallest absolute Gasteiger partial charge is 0.153 e. The molecule has 0 amide bonds. The van der Waals surface area contributed by atoms with E-state index in [-0.39, 0.29) is 12.0 Å². The number of nitrogens with one attached hydrogen (secondary N) is 2. The Labute approximate surface area is 73.9 Å². The van der Waals surface area contributed by atoms with Gasteiger partial charge in [-0.25, -0.2) is 0 Å². The second-order valence-electron chi connectivity index (χ2n) is 3.69. The van der Waals surface area contributed by atoms with Crippen molar-refractivity contribution in [1.29, 1.82) is 0 Å². The number of Topliss-reactive ketones (excluding diaryl/α,β-unsaturated/α-hetero) is 1. The van der Waals surface area contributed by atoms with Gasteiger partial charge in [0.25, 0.3) is 0 Å². The molecule has 1 heterocycles. The number of likely N-dealkylation sites (N-methyl/N-ethyl adjacent to an activating group) is 1. The number of hydrogen-bond donors (Lipinski definition) is 2. The molecule has 12 heavy (non-hydrogen) atoms. The lowest BCUT2D eigenvalue weighted by molar-refractivity contribution is -0.123. The van der Waals surface area contributed by atoms with Crippen LogP contribution in [0.3, 0.4) is 0 Å². The SMILES string of the molecule is CNC1CC(C)NCC(C)C1=O. The van der Waals surface area contributed by atoms with Crippen molar-refractivity contribution in [2.24, 2.45) is 5.92 Å². The van der Waals surface area contributed by atoms with Crippen LogP contribution >= 0.6 is 0 Å². The van der Waals surface area contributed by atoms with Crippen molar-refractivity contribution in [2.75, 3.05) is 13.6 Å². The standard InChI is InChI=1S/C9H18N2O/c1-6-5-11-7(2)4-8(10-3)9(6)12/h6-8,10-11H,4-5H2,1-3H3. The van der Waals surface area contributed by atoms with Crippen LogP contribution in [0.15, 0.2) is 0 Å². The van der Waals surface area contributed by atoms with Crippen molar-refractivity contribution in [1.82, 2.24) is 10.6 Å². The summed E-state index contributed by atoms with van der Waals surface area (Å²) in [4.78, 5) is 11.6. The van der Waals surface area contributed by atoms with E-state index in [1.807, 2.05) is 14.0 Å². The number of rotatable bonds is 1. The molecule has 0 spiro atoms. The van der Waals surface area contributed by atoms with Gasteiger partial charge in [-0.1, -0.05) is 6.92 Å². The van der Waals surface area contributed by atoms with Gasteiger partial charge in [-0.2, -0.15) is 0 Å². The average Bonchev–Trinajstić information content (AvgIpc) is 2.18. The molecule has 1 aliphatic rings. The summed E-state index contributed by atoms with van der Waals surface area (Å²) in [7, 11) is 1.85. The summed E-state index contributed by atoms with van der Waals surface area (Å²) in [5, 5.41) is 6.39. The number of hydrogen-bond acceptors (Lipinski definition) is 3. The second kappa shape index (κ2) is 4.01. The molecule has 0 aromatic heterocycles. The van der Waals surface area contributed by atoms with Crippen molar-refractivity contribution in [3.8, 4) is 0 Å². The molecule has 70 valence electrons. The van der Waals surface area contributed by atoms with Gasteiger partial charge in [0.1, 0.15) is 0 Å². The molecule has 3 atom stereocenters. The van der Waals surface area contributed by atoms with E-state index in [2.05, 4.69) is 17.6 Å². The third-order valence-corrected chi connectivity index (χ3v) is 2.54. The van der Waals surface area contributed by atoms with Crippen molar-refractivity contribution < 1.29 is 4.79 Å². The average molecular weight is 170 g/mol. The van der Waals surface area contributed by atoms with Crippen LogP contribution in [0.2, 0.25) is 0 Å². The molecule has 3 nitrogen and oxygen atoms in total. The first-order valence-electron chi connectivity index (χ1n) is 4.59. The highest BCUT2D eigenvalue weighted by Gasteiger charge is 2.27. The Bertz CT molecular complexity index is 170. The van der Waals surface area contributed by atoms with Crippen molar-refractivity contribution in [3.63, 3.8) is 0 Å². The molecule has 0 radical (unpaired) electrons. The van der Waals surface area contributed by atoms with E-state index in [9.17, 15) is 4.79 Å².